The van der Waals surface area contributed by atoms with E-state index >= 15 is 4.39 Å². The van der Waals surface area contributed by atoms with Gasteiger partial charge < -0.3 is 20.3 Å². The minimum absolute atomic E-state index is 0.0194. The van der Waals surface area contributed by atoms with Gasteiger partial charge in [0.25, 0.3) is 0 Å². The fourth-order valence-electron chi connectivity index (χ4n) is 8.97. The van der Waals surface area contributed by atoms with Gasteiger partial charge in [-0.3, -0.25) is 28.9 Å². The van der Waals surface area contributed by atoms with Gasteiger partial charge in [0.15, 0.2) is 5.82 Å². The molecule has 4 heterocycles. The summed E-state index contributed by atoms with van der Waals surface area (Å²) in [4.78, 5) is 56.1. The maximum atomic E-state index is 16.0. The molecular formula is C33H48FN7O5. The first-order chi connectivity index (χ1) is 21.7. The summed E-state index contributed by atoms with van der Waals surface area (Å²) in [5.74, 6) is -0.626. The SMILES string of the molecule is Cn1c(=O)n(C2CCC(=O)NC2=O)c2ccc(N3CCC(CN4CCN([C@H]5C[C@](C)(OC(N)=O)C5C(C)(C)C)CC4)CC3)c(F)c21. The molecule has 6 rings (SSSR count). The second-order valence-corrected chi connectivity index (χ2v) is 15.1. The number of amides is 3. The molecule has 4 fully saturated rings. The molecule has 1 saturated carbocycles. The molecule has 13 heteroatoms. The average molecular weight is 642 g/mol. The lowest BCUT2D eigenvalue weighted by Crippen LogP contribution is -2.69. The molecule has 4 aliphatic rings. The Morgan fingerprint density at radius 2 is 1.74 bits per heavy atom. The Morgan fingerprint density at radius 1 is 1.07 bits per heavy atom. The third-order valence-electron chi connectivity index (χ3n) is 11.0. The Labute approximate surface area is 269 Å². The number of anilines is 1. The zero-order valence-corrected chi connectivity index (χ0v) is 27.7. The first kappa shape index (κ1) is 32.5. The van der Waals surface area contributed by atoms with Gasteiger partial charge in [0.1, 0.15) is 17.2 Å². The number of primary amides is 1. The number of nitrogens with zero attached hydrogens (tertiary/aromatic N) is 5. The smallest absolute Gasteiger partial charge is 0.405 e. The number of rotatable bonds is 6. The van der Waals surface area contributed by atoms with Crippen LogP contribution < -0.4 is 21.6 Å². The molecule has 1 aliphatic carbocycles. The number of halogens is 1. The molecule has 1 aromatic carbocycles. The van der Waals surface area contributed by atoms with Crippen molar-refractivity contribution in [1.29, 1.82) is 0 Å². The number of ether oxygens (including phenoxy) is 1. The van der Waals surface area contributed by atoms with E-state index in [2.05, 4.69) is 40.8 Å². The van der Waals surface area contributed by atoms with Gasteiger partial charge in [0, 0.05) is 77.7 Å². The third-order valence-corrected chi connectivity index (χ3v) is 11.0. The topological polar surface area (TPSA) is 135 Å². The number of aryl methyl sites for hydroxylation is 1. The molecule has 0 radical (unpaired) electrons. The quantitative estimate of drug-likeness (QED) is 0.460. The molecule has 12 nitrogen and oxygen atoms in total. The van der Waals surface area contributed by atoms with Crippen LogP contribution in [0.4, 0.5) is 14.9 Å². The van der Waals surface area contributed by atoms with Crippen LogP contribution in [-0.4, -0.2) is 94.3 Å². The highest BCUT2D eigenvalue weighted by Gasteiger charge is 2.59. The Morgan fingerprint density at radius 3 is 2.35 bits per heavy atom. The Bertz CT molecular complexity index is 1580. The Balaban J connectivity index is 1.05. The zero-order chi connectivity index (χ0) is 33.1. The number of fused-ring (bicyclic) bond motifs is 1. The highest BCUT2D eigenvalue weighted by atomic mass is 19.1. The van der Waals surface area contributed by atoms with Crippen LogP contribution in [0.3, 0.4) is 0 Å². The molecule has 3 saturated heterocycles. The van der Waals surface area contributed by atoms with E-state index in [1.165, 1.54) is 16.2 Å². The largest absolute Gasteiger partial charge is 0.443 e. The van der Waals surface area contributed by atoms with Crippen LogP contribution in [0, 0.1) is 23.1 Å². The number of imidazole rings is 1. The van der Waals surface area contributed by atoms with Crippen molar-refractivity contribution in [3.8, 4) is 0 Å². The van der Waals surface area contributed by atoms with Gasteiger partial charge in [-0.25, -0.2) is 14.0 Å². The van der Waals surface area contributed by atoms with Crippen LogP contribution in [-0.2, 0) is 21.4 Å². The second kappa shape index (κ2) is 12.0. The number of hydrogen-bond donors (Lipinski definition) is 2. The van der Waals surface area contributed by atoms with Crippen molar-refractivity contribution >= 4 is 34.6 Å². The maximum Gasteiger partial charge on any atom is 0.405 e. The number of carbonyl (C=O) groups is 3. The Kier molecular flexibility index (Phi) is 8.45. The molecule has 2 aromatic rings. The number of benzene rings is 1. The maximum absolute atomic E-state index is 16.0. The van der Waals surface area contributed by atoms with Crippen LogP contribution in [0.25, 0.3) is 11.0 Å². The van der Waals surface area contributed by atoms with Crippen LogP contribution in [0.2, 0.25) is 0 Å². The highest BCUT2D eigenvalue weighted by molar-refractivity contribution is 6.00. The molecule has 0 spiro atoms. The van der Waals surface area contributed by atoms with Crippen molar-refractivity contribution < 1.29 is 23.5 Å². The van der Waals surface area contributed by atoms with Crippen molar-refractivity contribution in [2.24, 2.45) is 30.0 Å². The monoisotopic (exact) mass is 641 g/mol. The van der Waals surface area contributed by atoms with E-state index in [4.69, 9.17) is 10.5 Å². The van der Waals surface area contributed by atoms with E-state index in [1.807, 2.05) is 6.92 Å². The fourth-order valence-corrected chi connectivity index (χ4v) is 8.97. The van der Waals surface area contributed by atoms with Crippen molar-refractivity contribution in [1.82, 2.24) is 24.3 Å². The molecule has 46 heavy (non-hydrogen) atoms. The summed E-state index contributed by atoms with van der Waals surface area (Å²) in [5, 5.41) is 2.29. The lowest BCUT2D eigenvalue weighted by Gasteiger charge is -2.61. The minimum Gasteiger partial charge on any atom is -0.443 e. The first-order valence-corrected chi connectivity index (χ1v) is 16.6. The van der Waals surface area contributed by atoms with E-state index in [0.29, 0.717) is 23.2 Å². The minimum atomic E-state index is -0.846. The van der Waals surface area contributed by atoms with E-state index in [9.17, 15) is 19.2 Å². The van der Waals surface area contributed by atoms with Gasteiger partial charge in [-0.1, -0.05) is 20.8 Å². The van der Waals surface area contributed by atoms with Gasteiger partial charge in [-0.05, 0) is 49.7 Å². The number of nitrogens with two attached hydrogens (primary N) is 1. The first-order valence-electron chi connectivity index (χ1n) is 16.6. The third kappa shape index (κ3) is 5.80. The summed E-state index contributed by atoms with van der Waals surface area (Å²) >= 11 is 0. The normalized spacial score (nSPS) is 28.7. The summed E-state index contributed by atoms with van der Waals surface area (Å²) < 4.78 is 24.2. The molecule has 3 aliphatic heterocycles. The van der Waals surface area contributed by atoms with Gasteiger partial charge in [-0.2, -0.15) is 0 Å². The van der Waals surface area contributed by atoms with Gasteiger partial charge >= 0.3 is 11.8 Å². The summed E-state index contributed by atoms with van der Waals surface area (Å²) in [5.41, 5.74) is 5.38. The summed E-state index contributed by atoms with van der Waals surface area (Å²) in [6.07, 6.45) is 2.34. The molecule has 2 unspecified atom stereocenters. The second-order valence-electron chi connectivity index (χ2n) is 15.1. The van der Waals surface area contributed by atoms with Crippen LogP contribution in [0.5, 0.6) is 0 Å². The molecule has 1 aromatic heterocycles. The molecule has 3 amide bonds. The van der Waals surface area contributed by atoms with E-state index < -0.39 is 35.2 Å². The number of hydrogen-bond acceptors (Lipinski definition) is 8. The lowest BCUT2D eigenvalue weighted by molar-refractivity contribution is -0.181. The van der Waals surface area contributed by atoms with Crippen molar-refractivity contribution in [3.05, 3.63) is 28.4 Å². The summed E-state index contributed by atoms with van der Waals surface area (Å²) in [6, 6.07) is 2.95. The predicted molar refractivity (Wildman–Crippen MR) is 172 cm³/mol. The lowest BCUT2D eigenvalue weighted by atomic mass is 9.55. The van der Waals surface area contributed by atoms with Crippen molar-refractivity contribution in [2.45, 2.75) is 77.5 Å². The van der Waals surface area contributed by atoms with Crippen LogP contribution in [0.15, 0.2) is 16.9 Å². The predicted octanol–water partition coefficient (Wildman–Crippen LogP) is 2.58. The summed E-state index contributed by atoms with van der Waals surface area (Å²) in [7, 11) is 1.52. The zero-order valence-electron chi connectivity index (χ0n) is 27.7. The summed E-state index contributed by atoms with van der Waals surface area (Å²) in [6.45, 7) is 15.0. The molecule has 252 valence electrons. The number of aromatic nitrogens is 2. The van der Waals surface area contributed by atoms with E-state index in [0.717, 1.165) is 65.1 Å². The molecule has 0 bridgehead atoms. The number of imide groups is 1. The molecule has 3 N–H and O–H groups in total. The number of nitrogens with one attached hydrogen (secondary N) is 1. The van der Waals surface area contributed by atoms with Gasteiger partial charge in [0.05, 0.1) is 11.2 Å². The van der Waals surface area contributed by atoms with Gasteiger partial charge in [-0.15, -0.1) is 0 Å². The van der Waals surface area contributed by atoms with Gasteiger partial charge in [0.2, 0.25) is 11.8 Å². The highest BCUT2D eigenvalue weighted by Crippen LogP contribution is 2.53. The molecular weight excluding hydrogens is 593 g/mol. The van der Waals surface area contributed by atoms with Crippen LogP contribution >= 0.6 is 0 Å². The molecule has 4 atom stereocenters. The average Bonchev–Trinajstić information content (AvgIpc) is 3.22. The Hall–Kier alpha value is -3.45. The van der Waals surface area contributed by atoms with Crippen molar-refractivity contribution in [2.75, 3.05) is 50.7 Å². The van der Waals surface area contributed by atoms with E-state index in [1.54, 1.807) is 12.1 Å². The number of piperidine rings is 2. The van der Waals surface area contributed by atoms with Crippen LogP contribution in [0.1, 0.15) is 65.8 Å². The van der Waals surface area contributed by atoms with E-state index in [-0.39, 0.29) is 35.6 Å². The fraction of sp³-hybridized carbons (Fsp3) is 0.697. The van der Waals surface area contributed by atoms with Crippen molar-refractivity contribution in [3.63, 3.8) is 0 Å². The standard InChI is InChI=1S/C33H48FN7O5/c1-32(2,3)28-24(18-33(28,4)46-30(35)44)40-16-14-38(15-17-40)19-20-10-12-39(13-11-20)21-6-7-22-27(26(21)34)37(5)31(45)41(22)23-8-9-25(42)36-29(23)43/h6-7,20,23-24,28H,8-19H2,1-5H3,(H2,35,44)(H,36,42,43)/t23?,24-,28?,33-/m0/s1. The number of carbonyl (C=O) groups excluding carboxylic acids is 3. The number of piperazine rings is 1.